The third kappa shape index (κ3) is 5.15. The van der Waals surface area contributed by atoms with E-state index in [1.807, 2.05) is 54.6 Å². The molecule has 1 N–H and O–H groups in total. The Morgan fingerprint density at radius 1 is 0.923 bits per heavy atom. The van der Waals surface area contributed by atoms with Crippen molar-refractivity contribution < 1.29 is 9.84 Å². The highest BCUT2D eigenvalue weighted by molar-refractivity contribution is 5.30. The van der Waals surface area contributed by atoms with E-state index in [9.17, 15) is 5.11 Å². The van der Waals surface area contributed by atoms with Gasteiger partial charge < -0.3 is 9.84 Å². The zero-order chi connectivity index (χ0) is 18.2. The Morgan fingerprint density at radius 2 is 1.62 bits per heavy atom. The highest BCUT2D eigenvalue weighted by atomic mass is 16.5. The first-order valence-corrected chi connectivity index (χ1v) is 8.72. The van der Waals surface area contributed by atoms with Crippen molar-refractivity contribution in [2.24, 2.45) is 0 Å². The van der Waals surface area contributed by atoms with E-state index < -0.39 is 6.10 Å². The fourth-order valence-corrected chi connectivity index (χ4v) is 2.97. The average Bonchev–Trinajstić information content (AvgIpc) is 2.69. The highest BCUT2D eigenvalue weighted by Gasteiger charge is 2.15. The third-order valence-corrected chi connectivity index (χ3v) is 4.31. The summed E-state index contributed by atoms with van der Waals surface area (Å²) in [5.74, 6) is 0.755. The van der Waals surface area contributed by atoms with Crippen LogP contribution in [0, 0.1) is 0 Å². The standard InChI is InChI=1S/C22H24N2O2/c1-26-21-9-5-8-20(14-21)22(25)17-24(15-18-6-3-2-4-7-18)16-19-10-12-23-13-11-19/h2-14,22,25H,15-17H2,1H3. The monoisotopic (exact) mass is 348 g/mol. The Hall–Kier alpha value is -2.69. The van der Waals surface area contributed by atoms with E-state index in [2.05, 4.69) is 22.0 Å². The molecule has 1 heterocycles. The fraction of sp³-hybridized carbons (Fsp3) is 0.227. The molecule has 0 fully saturated rings. The highest BCUT2D eigenvalue weighted by Crippen LogP contribution is 2.21. The van der Waals surface area contributed by atoms with Crippen molar-refractivity contribution in [3.63, 3.8) is 0 Å². The first kappa shape index (κ1) is 18.1. The van der Waals surface area contributed by atoms with E-state index >= 15 is 0 Å². The van der Waals surface area contributed by atoms with Crippen molar-refractivity contribution in [2.45, 2.75) is 19.2 Å². The van der Waals surface area contributed by atoms with Crippen molar-refractivity contribution in [2.75, 3.05) is 13.7 Å². The minimum absolute atomic E-state index is 0.532. The lowest BCUT2D eigenvalue weighted by Crippen LogP contribution is -2.28. The van der Waals surface area contributed by atoms with Gasteiger partial charge in [0.1, 0.15) is 5.75 Å². The molecule has 3 aromatic rings. The Kier molecular flexibility index (Phi) is 6.36. The molecule has 0 aliphatic carbocycles. The molecule has 26 heavy (non-hydrogen) atoms. The van der Waals surface area contributed by atoms with E-state index in [1.165, 1.54) is 11.1 Å². The van der Waals surface area contributed by atoms with Gasteiger partial charge in [0.05, 0.1) is 13.2 Å². The molecule has 4 nitrogen and oxygen atoms in total. The van der Waals surface area contributed by atoms with Gasteiger partial charge in [-0.2, -0.15) is 0 Å². The maximum atomic E-state index is 10.8. The molecule has 0 bridgehead atoms. The van der Waals surface area contributed by atoms with Gasteiger partial charge in [-0.15, -0.1) is 0 Å². The summed E-state index contributed by atoms with van der Waals surface area (Å²) in [4.78, 5) is 6.33. The molecule has 134 valence electrons. The third-order valence-electron chi connectivity index (χ3n) is 4.31. The molecule has 1 aromatic heterocycles. The van der Waals surface area contributed by atoms with Gasteiger partial charge >= 0.3 is 0 Å². The molecule has 0 saturated carbocycles. The minimum Gasteiger partial charge on any atom is -0.497 e. The maximum absolute atomic E-state index is 10.8. The zero-order valence-corrected chi connectivity index (χ0v) is 15.0. The van der Waals surface area contributed by atoms with E-state index in [4.69, 9.17) is 4.74 Å². The summed E-state index contributed by atoms with van der Waals surface area (Å²) >= 11 is 0. The predicted octanol–water partition coefficient (Wildman–Crippen LogP) is 3.83. The number of ether oxygens (including phenoxy) is 1. The average molecular weight is 348 g/mol. The number of aliphatic hydroxyl groups excluding tert-OH is 1. The molecule has 0 aliphatic heterocycles. The SMILES string of the molecule is COc1cccc(C(O)CN(Cc2ccccc2)Cc2ccncc2)c1. The fourth-order valence-electron chi connectivity index (χ4n) is 2.97. The van der Waals surface area contributed by atoms with Crippen molar-refractivity contribution in [1.82, 2.24) is 9.88 Å². The maximum Gasteiger partial charge on any atom is 0.119 e. The lowest BCUT2D eigenvalue weighted by molar-refractivity contribution is 0.105. The Morgan fingerprint density at radius 3 is 2.31 bits per heavy atom. The summed E-state index contributed by atoms with van der Waals surface area (Å²) in [5.41, 5.74) is 3.25. The van der Waals surface area contributed by atoms with Crippen molar-refractivity contribution in [1.29, 1.82) is 0 Å². The molecule has 4 heteroatoms. The summed E-state index contributed by atoms with van der Waals surface area (Å²) < 4.78 is 5.27. The number of rotatable bonds is 8. The van der Waals surface area contributed by atoms with E-state index in [0.717, 1.165) is 24.4 Å². The van der Waals surface area contributed by atoms with Crippen LogP contribution in [-0.2, 0) is 13.1 Å². The molecule has 0 saturated heterocycles. The Bertz CT molecular complexity index is 752. The van der Waals surface area contributed by atoms with Crippen molar-refractivity contribution >= 4 is 0 Å². The zero-order valence-electron chi connectivity index (χ0n) is 15.0. The van der Waals surface area contributed by atoms with Crippen molar-refractivity contribution in [3.05, 3.63) is 95.8 Å². The number of pyridine rings is 1. The number of methoxy groups -OCH3 is 1. The van der Waals surface area contributed by atoms with E-state index in [1.54, 1.807) is 19.5 Å². The molecular formula is C22H24N2O2. The lowest BCUT2D eigenvalue weighted by atomic mass is 10.1. The van der Waals surface area contributed by atoms with Crippen LogP contribution in [0.4, 0.5) is 0 Å². The van der Waals surface area contributed by atoms with E-state index in [-0.39, 0.29) is 0 Å². The van der Waals surface area contributed by atoms with Gasteiger partial charge in [0.25, 0.3) is 0 Å². The molecule has 0 radical (unpaired) electrons. The van der Waals surface area contributed by atoms with Gasteiger partial charge in [-0.1, -0.05) is 42.5 Å². The largest absolute Gasteiger partial charge is 0.497 e. The molecule has 1 atom stereocenters. The second kappa shape index (κ2) is 9.13. The quantitative estimate of drug-likeness (QED) is 0.672. The second-order valence-corrected chi connectivity index (χ2v) is 6.30. The topological polar surface area (TPSA) is 45.6 Å². The first-order valence-electron chi connectivity index (χ1n) is 8.72. The van der Waals surface area contributed by atoms with Crippen LogP contribution in [0.1, 0.15) is 22.8 Å². The summed E-state index contributed by atoms with van der Waals surface area (Å²) in [6.07, 6.45) is 3.01. The molecule has 3 rings (SSSR count). The number of benzene rings is 2. The van der Waals surface area contributed by atoms with Gasteiger partial charge in [0.2, 0.25) is 0 Å². The van der Waals surface area contributed by atoms with Gasteiger partial charge in [-0.05, 0) is 41.0 Å². The van der Waals surface area contributed by atoms with Crippen LogP contribution in [0.15, 0.2) is 79.1 Å². The van der Waals surface area contributed by atoms with E-state index in [0.29, 0.717) is 6.54 Å². The Labute approximate surface area is 154 Å². The van der Waals surface area contributed by atoms with Crippen LogP contribution in [0.3, 0.4) is 0 Å². The number of aliphatic hydroxyl groups is 1. The van der Waals surface area contributed by atoms with Crippen LogP contribution in [0.5, 0.6) is 5.75 Å². The molecule has 0 aliphatic rings. The first-order chi connectivity index (χ1) is 12.7. The number of nitrogens with zero attached hydrogens (tertiary/aromatic N) is 2. The van der Waals surface area contributed by atoms with Crippen LogP contribution in [0.2, 0.25) is 0 Å². The molecule has 1 unspecified atom stereocenters. The second-order valence-electron chi connectivity index (χ2n) is 6.30. The van der Waals surface area contributed by atoms with Gasteiger partial charge in [0, 0.05) is 32.0 Å². The molecule has 2 aromatic carbocycles. The van der Waals surface area contributed by atoms with Crippen LogP contribution < -0.4 is 4.74 Å². The minimum atomic E-state index is -0.587. The van der Waals surface area contributed by atoms with Gasteiger partial charge in [-0.25, -0.2) is 0 Å². The predicted molar refractivity (Wildman–Crippen MR) is 103 cm³/mol. The van der Waals surface area contributed by atoms with Crippen LogP contribution in [-0.4, -0.2) is 28.6 Å². The van der Waals surface area contributed by atoms with Gasteiger partial charge in [-0.3, -0.25) is 9.88 Å². The summed E-state index contributed by atoms with van der Waals surface area (Å²) in [6, 6.07) is 21.9. The normalized spacial score (nSPS) is 12.1. The molecule has 0 spiro atoms. The van der Waals surface area contributed by atoms with Crippen molar-refractivity contribution in [3.8, 4) is 5.75 Å². The summed E-state index contributed by atoms with van der Waals surface area (Å²) in [5, 5.41) is 10.8. The number of hydrogen-bond acceptors (Lipinski definition) is 4. The number of hydrogen-bond donors (Lipinski definition) is 1. The number of aromatic nitrogens is 1. The smallest absolute Gasteiger partial charge is 0.119 e. The molecular weight excluding hydrogens is 324 g/mol. The summed E-state index contributed by atoms with van der Waals surface area (Å²) in [6.45, 7) is 2.05. The lowest BCUT2D eigenvalue weighted by Gasteiger charge is -2.25. The van der Waals surface area contributed by atoms with Crippen LogP contribution in [0.25, 0.3) is 0 Å². The Balaban J connectivity index is 1.75. The summed E-state index contributed by atoms with van der Waals surface area (Å²) in [7, 11) is 1.64. The molecule has 0 amide bonds. The van der Waals surface area contributed by atoms with Gasteiger partial charge in [0.15, 0.2) is 0 Å². The van der Waals surface area contributed by atoms with Crippen LogP contribution >= 0.6 is 0 Å².